The van der Waals surface area contributed by atoms with Crippen LogP contribution in [0, 0.1) is 5.82 Å². The average molecular weight is 324 g/mol. The van der Waals surface area contributed by atoms with E-state index in [0.29, 0.717) is 27.8 Å². The van der Waals surface area contributed by atoms with Crippen LogP contribution in [0.15, 0.2) is 36.4 Å². The lowest BCUT2D eigenvalue weighted by atomic mass is 10.2. The first-order valence-corrected chi connectivity index (χ1v) is 6.61. The Bertz CT molecular complexity index is 818. The number of nitrogens with zero attached hydrogens (tertiary/aromatic N) is 4. The number of tetrazole rings is 1. The van der Waals surface area contributed by atoms with Gasteiger partial charge in [0.1, 0.15) is 5.82 Å². The molecule has 0 fully saturated rings. The Hall–Kier alpha value is -2.18. The first-order valence-electron chi connectivity index (χ1n) is 5.85. The SMILES string of the molecule is Nc1cc(Cl)c(Cl)c(-c2nnnn2-c2cccc(F)c2)c1. The molecule has 0 saturated carbocycles. The molecule has 0 aliphatic carbocycles. The minimum atomic E-state index is -0.398. The van der Waals surface area contributed by atoms with Crippen molar-refractivity contribution in [1.82, 2.24) is 20.2 Å². The first kappa shape index (κ1) is 13.8. The summed E-state index contributed by atoms with van der Waals surface area (Å²) in [4.78, 5) is 0. The predicted octanol–water partition coefficient (Wildman–Crippen LogP) is 3.36. The van der Waals surface area contributed by atoms with Gasteiger partial charge in [0.15, 0.2) is 5.82 Å². The van der Waals surface area contributed by atoms with E-state index in [0.717, 1.165) is 0 Å². The van der Waals surface area contributed by atoms with Crippen LogP contribution in [-0.2, 0) is 0 Å². The highest BCUT2D eigenvalue weighted by Gasteiger charge is 2.17. The van der Waals surface area contributed by atoms with Crippen LogP contribution in [0.4, 0.5) is 10.1 Å². The normalized spacial score (nSPS) is 10.8. The summed E-state index contributed by atoms with van der Waals surface area (Å²) in [7, 11) is 0. The molecule has 0 amide bonds. The average Bonchev–Trinajstić information content (AvgIpc) is 2.92. The molecule has 0 spiro atoms. The van der Waals surface area contributed by atoms with Crippen LogP contribution < -0.4 is 5.73 Å². The third-order valence-corrected chi connectivity index (χ3v) is 3.62. The Kier molecular flexibility index (Phi) is 3.48. The van der Waals surface area contributed by atoms with Crippen molar-refractivity contribution in [1.29, 1.82) is 0 Å². The molecule has 2 N–H and O–H groups in total. The zero-order valence-electron chi connectivity index (χ0n) is 10.5. The van der Waals surface area contributed by atoms with Crippen molar-refractivity contribution < 1.29 is 4.39 Å². The van der Waals surface area contributed by atoms with Crippen molar-refractivity contribution in [2.24, 2.45) is 0 Å². The molecule has 0 radical (unpaired) electrons. The molecule has 0 aliphatic rings. The molecule has 0 aliphatic heterocycles. The first-order chi connectivity index (χ1) is 10.1. The summed E-state index contributed by atoms with van der Waals surface area (Å²) in [5, 5.41) is 11.9. The maximum absolute atomic E-state index is 13.4. The number of anilines is 1. The van der Waals surface area contributed by atoms with E-state index < -0.39 is 5.82 Å². The van der Waals surface area contributed by atoms with Crippen molar-refractivity contribution in [3.63, 3.8) is 0 Å². The van der Waals surface area contributed by atoms with Crippen molar-refractivity contribution in [3.8, 4) is 17.1 Å². The summed E-state index contributed by atoms with van der Waals surface area (Å²) in [5.41, 5.74) is 7.12. The van der Waals surface area contributed by atoms with Crippen molar-refractivity contribution in [2.45, 2.75) is 0 Å². The summed E-state index contributed by atoms with van der Waals surface area (Å²) in [6, 6.07) is 9.01. The summed E-state index contributed by atoms with van der Waals surface area (Å²) in [6.45, 7) is 0. The van der Waals surface area contributed by atoms with Gasteiger partial charge in [-0.3, -0.25) is 0 Å². The monoisotopic (exact) mass is 323 g/mol. The molecule has 0 unspecified atom stereocenters. The van der Waals surface area contributed by atoms with Gasteiger partial charge in [-0.15, -0.1) is 5.10 Å². The van der Waals surface area contributed by atoms with Crippen LogP contribution in [-0.4, -0.2) is 20.2 Å². The van der Waals surface area contributed by atoms with E-state index in [2.05, 4.69) is 15.5 Å². The number of aromatic nitrogens is 4. The third kappa shape index (κ3) is 2.55. The Labute approximate surface area is 129 Å². The van der Waals surface area contributed by atoms with Crippen LogP contribution in [0.5, 0.6) is 0 Å². The highest BCUT2D eigenvalue weighted by atomic mass is 35.5. The lowest BCUT2D eigenvalue weighted by Gasteiger charge is -2.08. The van der Waals surface area contributed by atoms with Gasteiger partial charge in [0.2, 0.25) is 0 Å². The fraction of sp³-hybridized carbons (Fsp3) is 0. The zero-order chi connectivity index (χ0) is 15.0. The number of nitrogen functional groups attached to an aromatic ring is 1. The Morgan fingerprint density at radius 1 is 1.14 bits per heavy atom. The molecular weight excluding hydrogens is 316 g/mol. The van der Waals surface area contributed by atoms with Gasteiger partial charge >= 0.3 is 0 Å². The van der Waals surface area contributed by atoms with E-state index in [1.807, 2.05) is 0 Å². The van der Waals surface area contributed by atoms with E-state index in [1.165, 1.54) is 22.9 Å². The molecule has 106 valence electrons. The lowest BCUT2D eigenvalue weighted by molar-refractivity contribution is 0.625. The maximum Gasteiger partial charge on any atom is 0.188 e. The largest absolute Gasteiger partial charge is 0.399 e. The Balaban J connectivity index is 2.20. The third-order valence-electron chi connectivity index (χ3n) is 2.81. The van der Waals surface area contributed by atoms with Crippen molar-refractivity contribution >= 4 is 28.9 Å². The van der Waals surface area contributed by atoms with Gasteiger partial charge in [-0.1, -0.05) is 29.3 Å². The molecule has 5 nitrogen and oxygen atoms in total. The van der Waals surface area contributed by atoms with Gasteiger partial charge in [0.05, 0.1) is 15.7 Å². The molecule has 3 aromatic rings. The number of rotatable bonds is 2. The van der Waals surface area contributed by atoms with Crippen molar-refractivity contribution in [3.05, 3.63) is 52.3 Å². The summed E-state index contributed by atoms with van der Waals surface area (Å²) in [5.74, 6) is -0.0783. The molecule has 2 aromatic carbocycles. The van der Waals surface area contributed by atoms with E-state index in [-0.39, 0.29) is 5.02 Å². The Morgan fingerprint density at radius 2 is 1.95 bits per heavy atom. The Morgan fingerprint density at radius 3 is 2.71 bits per heavy atom. The summed E-state index contributed by atoms with van der Waals surface area (Å²) >= 11 is 12.2. The van der Waals surface area contributed by atoms with Crippen LogP contribution in [0.1, 0.15) is 0 Å². The maximum atomic E-state index is 13.4. The predicted molar refractivity (Wildman–Crippen MR) is 79.0 cm³/mol. The smallest absolute Gasteiger partial charge is 0.188 e. The van der Waals surface area contributed by atoms with Gasteiger partial charge in [-0.05, 0) is 40.8 Å². The summed E-state index contributed by atoms with van der Waals surface area (Å²) in [6.07, 6.45) is 0. The zero-order valence-corrected chi connectivity index (χ0v) is 12.0. The van der Waals surface area contributed by atoms with Crippen LogP contribution >= 0.6 is 23.2 Å². The fourth-order valence-electron chi connectivity index (χ4n) is 1.91. The number of hydrogen-bond donors (Lipinski definition) is 1. The van der Waals surface area contributed by atoms with Crippen LogP contribution in [0.3, 0.4) is 0 Å². The van der Waals surface area contributed by atoms with Crippen LogP contribution in [0.2, 0.25) is 10.0 Å². The van der Waals surface area contributed by atoms with Gasteiger partial charge in [0, 0.05) is 11.3 Å². The molecule has 1 aromatic heterocycles. The molecule has 0 bridgehead atoms. The number of halogens is 3. The molecule has 3 rings (SSSR count). The quantitative estimate of drug-likeness (QED) is 0.734. The number of hydrogen-bond acceptors (Lipinski definition) is 4. The van der Waals surface area contributed by atoms with E-state index in [9.17, 15) is 4.39 Å². The fourth-order valence-corrected chi connectivity index (χ4v) is 2.33. The summed E-state index contributed by atoms with van der Waals surface area (Å²) < 4.78 is 14.7. The molecular formula is C13H8Cl2FN5. The topological polar surface area (TPSA) is 69.6 Å². The van der Waals surface area contributed by atoms with E-state index >= 15 is 0 Å². The van der Waals surface area contributed by atoms with Crippen LogP contribution in [0.25, 0.3) is 17.1 Å². The minimum Gasteiger partial charge on any atom is -0.399 e. The van der Waals surface area contributed by atoms with Gasteiger partial charge in [-0.2, -0.15) is 4.68 Å². The number of nitrogens with two attached hydrogens (primary N) is 1. The highest BCUT2D eigenvalue weighted by molar-refractivity contribution is 6.43. The number of benzene rings is 2. The van der Waals surface area contributed by atoms with Crippen molar-refractivity contribution in [2.75, 3.05) is 5.73 Å². The van der Waals surface area contributed by atoms with Gasteiger partial charge in [-0.25, -0.2) is 4.39 Å². The standard InChI is InChI=1S/C13H8Cl2FN5/c14-11-6-8(17)5-10(12(11)15)13-18-19-20-21(13)9-3-1-2-7(16)4-9/h1-6H,17H2. The van der Waals surface area contributed by atoms with Gasteiger partial charge < -0.3 is 5.73 Å². The second-order valence-corrected chi connectivity index (χ2v) is 5.04. The second-order valence-electron chi connectivity index (χ2n) is 4.26. The molecule has 21 heavy (non-hydrogen) atoms. The molecule has 0 saturated heterocycles. The molecule has 1 heterocycles. The minimum absolute atomic E-state index is 0.276. The molecule has 0 atom stereocenters. The lowest BCUT2D eigenvalue weighted by Crippen LogP contribution is -2.01. The van der Waals surface area contributed by atoms with E-state index in [4.69, 9.17) is 28.9 Å². The second kappa shape index (κ2) is 5.31. The molecule has 8 heteroatoms. The van der Waals surface area contributed by atoms with E-state index in [1.54, 1.807) is 18.2 Å². The van der Waals surface area contributed by atoms with Gasteiger partial charge in [0.25, 0.3) is 0 Å². The highest BCUT2D eigenvalue weighted by Crippen LogP contribution is 2.35.